The Balaban J connectivity index is 0.000000177. The van der Waals surface area contributed by atoms with Gasteiger partial charge in [0, 0.05) is 12.6 Å². The summed E-state index contributed by atoms with van der Waals surface area (Å²) in [6.07, 6.45) is 0.332. The second kappa shape index (κ2) is 7.14. The highest BCUT2D eigenvalue weighted by Gasteiger charge is 2.26. The molecule has 3 N–H and O–H groups in total. The number of benzene rings is 2. The Morgan fingerprint density at radius 2 is 1.88 bits per heavy atom. The van der Waals surface area contributed by atoms with E-state index in [-0.39, 0.29) is 22.4 Å². The predicted molar refractivity (Wildman–Crippen MR) is 90.1 cm³/mol. The number of carboxylic acids is 1. The fourth-order valence-electron chi connectivity index (χ4n) is 2.12. The van der Waals surface area contributed by atoms with E-state index in [1.54, 1.807) is 12.1 Å². The number of carbonyl (C=O) groups excluding carboxylic acids is 2. The molecule has 0 bridgehead atoms. The summed E-state index contributed by atoms with van der Waals surface area (Å²) in [5.74, 6) is -1.34. The predicted octanol–water partition coefficient (Wildman–Crippen LogP) is 2.46. The van der Waals surface area contributed by atoms with E-state index in [4.69, 9.17) is 22.4 Å². The van der Waals surface area contributed by atoms with Crippen LogP contribution in [0.1, 0.15) is 26.3 Å². The largest absolute Gasteiger partial charge is 0.478 e. The van der Waals surface area contributed by atoms with Gasteiger partial charge in [0.25, 0.3) is 5.91 Å². The van der Waals surface area contributed by atoms with Gasteiger partial charge in [-0.1, -0.05) is 29.8 Å². The highest BCUT2D eigenvalue weighted by Crippen LogP contribution is 2.19. The SMILES string of the molecule is CN1C(=O)Cc2ccccc2C1=O.Nc1ccc(C(=O)O)cc1Cl. The van der Waals surface area contributed by atoms with E-state index in [1.807, 2.05) is 12.1 Å². The Hall–Kier alpha value is -2.86. The normalized spacial score (nSPS) is 13.0. The lowest BCUT2D eigenvalue weighted by Gasteiger charge is -2.22. The first-order chi connectivity index (χ1) is 11.3. The average molecular weight is 347 g/mol. The van der Waals surface area contributed by atoms with Gasteiger partial charge in [0.2, 0.25) is 5.91 Å². The van der Waals surface area contributed by atoms with Crippen molar-refractivity contribution in [2.75, 3.05) is 12.8 Å². The van der Waals surface area contributed by atoms with Gasteiger partial charge < -0.3 is 10.8 Å². The Labute approximate surface area is 143 Å². The van der Waals surface area contributed by atoms with Gasteiger partial charge in [-0.3, -0.25) is 14.5 Å². The summed E-state index contributed by atoms with van der Waals surface area (Å²) >= 11 is 5.57. The van der Waals surface area contributed by atoms with E-state index >= 15 is 0 Å². The molecule has 1 aliphatic heterocycles. The molecule has 1 heterocycles. The molecule has 24 heavy (non-hydrogen) atoms. The number of nitrogens with two attached hydrogens (primary N) is 1. The molecule has 0 aliphatic carbocycles. The number of nitrogen functional groups attached to an aromatic ring is 1. The molecule has 0 unspecified atom stereocenters. The standard InChI is InChI=1S/C10H9NO2.C7H6ClNO2/c1-11-9(12)6-7-4-2-3-5-8(7)10(11)13;8-5-3-4(7(10)11)1-2-6(5)9/h2-5H,6H2,1H3;1-3H,9H2,(H,10,11). The first kappa shape index (κ1) is 17.5. The van der Waals surface area contributed by atoms with Crippen molar-refractivity contribution in [3.63, 3.8) is 0 Å². The number of likely N-dealkylation sites (N-methyl/N-ethyl adjacent to an activating group) is 1. The molecule has 0 radical (unpaired) electrons. The van der Waals surface area contributed by atoms with Crippen molar-refractivity contribution in [3.8, 4) is 0 Å². The minimum absolute atomic E-state index is 0.135. The van der Waals surface area contributed by atoms with Crippen molar-refractivity contribution in [3.05, 3.63) is 64.2 Å². The summed E-state index contributed by atoms with van der Waals surface area (Å²) < 4.78 is 0. The van der Waals surface area contributed by atoms with E-state index in [0.717, 1.165) is 5.56 Å². The van der Waals surface area contributed by atoms with Crippen LogP contribution >= 0.6 is 11.6 Å². The lowest BCUT2D eigenvalue weighted by atomic mass is 9.99. The average Bonchev–Trinajstić information content (AvgIpc) is 2.56. The molecule has 1 aliphatic rings. The topological polar surface area (TPSA) is 101 Å². The number of anilines is 1. The molecule has 3 rings (SSSR count). The van der Waals surface area contributed by atoms with Crippen LogP contribution in [-0.4, -0.2) is 34.8 Å². The second-order valence-corrected chi connectivity index (χ2v) is 5.54. The monoisotopic (exact) mass is 346 g/mol. The van der Waals surface area contributed by atoms with Gasteiger partial charge in [0.1, 0.15) is 0 Å². The van der Waals surface area contributed by atoms with Gasteiger partial charge in [0.05, 0.1) is 22.7 Å². The van der Waals surface area contributed by atoms with Crippen molar-refractivity contribution >= 4 is 35.1 Å². The van der Waals surface area contributed by atoms with Crippen LogP contribution < -0.4 is 5.73 Å². The van der Waals surface area contributed by atoms with Crippen LogP contribution in [0.25, 0.3) is 0 Å². The summed E-state index contributed by atoms with van der Waals surface area (Å²) in [6, 6.07) is 11.4. The lowest BCUT2D eigenvalue weighted by Crippen LogP contribution is -2.39. The second-order valence-electron chi connectivity index (χ2n) is 5.13. The Bertz CT molecular complexity index is 820. The molecule has 2 amide bonds. The number of hydrogen-bond acceptors (Lipinski definition) is 4. The summed E-state index contributed by atoms with van der Waals surface area (Å²) in [5, 5.41) is 8.77. The third kappa shape index (κ3) is 3.72. The zero-order valence-corrected chi connectivity index (χ0v) is 13.6. The molecular weight excluding hydrogens is 332 g/mol. The van der Waals surface area contributed by atoms with E-state index < -0.39 is 5.97 Å². The van der Waals surface area contributed by atoms with Gasteiger partial charge in [-0.15, -0.1) is 0 Å². The zero-order chi connectivity index (χ0) is 17.9. The fraction of sp³-hybridized carbons (Fsp3) is 0.118. The molecule has 124 valence electrons. The molecule has 2 aromatic carbocycles. The minimum atomic E-state index is -1.01. The number of amides is 2. The van der Waals surface area contributed by atoms with Crippen molar-refractivity contribution in [2.24, 2.45) is 0 Å². The van der Waals surface area contributed by atoms with E-state index in [1.165, 1.54) is 30.1 Å². The van der Waals surface area contributed by atoms with E-state index in [0.29, 0.717) is 17.7 Å². The van der Waals surface area contributed by atoms with Crippen molar-refractivity contribution in [2.45, 2.75) is 6.42 Å². The molecular formula is C17H15ClN2O4. The molecule has 6 nitrogen and oxygen atoms in total. The summed E-state index contributed by atoms with van der Waals surface area (Å²) in [5.41, 5.74) is 7.36. The number of rotatable bonds is 1. The number of fused-ring (bicyclic) bond motifs is 1. The third-order valence-electron chi connectivity index (χ3n) is 3.52. The molecule has 2 aromatic rings. The van der Waals surface area contributed by atoms with Crippen molar-refractivity contribution in [1.82, 2.24) is 4.90 Å². The van der Waals surface area contributed by atoms with Gasteiger partial charge in [-0.2, -0.15) is 0 Å². The molecule has 0 spiro atoms. The highest BCUT2D eigenvalue weighted by molar-refractivity contribution is 6.33. The highest BCUT2D eigenvalue weighted by atomic mass is 35.5. The molecule has 0 fully saturated rings. The van der Waals surface area contributed by atoms with Crippen molar-refractivity contribution in [1.29, 1.82) is 0 Å². The minimum Gasteiger partial charge on any atom is -0.478 e. The number of aromatic carboxylic acids is 1. The maximum atomic E-state index is 11.5. The molecule has 0 atom stereocenters. The lowest BCUT2D eigenvalue weighted by molar-refractivity contribution is -0.127. The van der Waals surface area contributed by atoms with Crippen LogP contribution in [0.15, 0.2) is 42.5 Å². The van der Waals surface area contributed by atoms with Gasteiger partial charge in [-0.25, -0.2) is 4.79 Å². The Kier molecular flexibility index (Phi) is 5.21. The molecule has 0 aromatic heterocycles. The fourth-order valence-corrected chi connectivity index (χ4v) is 2.30. The van der Waals surface area contributed by atoms with Crippen LogP contribution in [0, 0.1) is 0 Å². The van der Waals surface area contributed by atoms with Crippen LogP contribution in [0.3, 0.4) is 0 Å². The maximum absolute atomic E-state index is 11.5. The molecule has 0 saturated heterocycles. The zero-order valence-electron chi connectivity index (χ0n) is 12.8. The first-order valence-corrected chi connectivity index (χ1v) is 7.36. The smallest absolute Gasteiger partial charge is 0.335 e. The summed E-state index contributed by atoms with van der Waals surface area (Å²) in [4.78, 5) is 34.3. The van der Waals surface area contributed by atoms with Crippen LogP contribution in [0.5, 0.6) is 0 Å². The first-order valence-electron chi connectivity index (χ1n) is 6.98. The maximum Gasteiger partial charge on any atom is 0.335 e. The quantitative estimate of drug-likeness (QED) is 0.610. The van der Waals surface area contributed by atoms with E-state index in [9.17, 15) is 14.4 Å². The van der Waals surface area contributed by atoms with Crippen molar-refractivity contribution < 1.29 is 19.5 Å². The van der Waals surface area contributed by atoms with Crippen LogP contribution in [-0.2, 0) is 11.2 Å². The van der Waals surface area contributed by atoms with Gasteiger partial charge >= 0.3 is 5.97 Å². The number of carbonyl (C=O) groups is 3. The number of nitrogens with zero attached hydrogens (tertiary/aromatic N) is 1. The molecule has 0 saturated carbocycles. The van der Waals surface area contributed by atoms with Gasteiger partial charge in [0.15, 0.2) is 0 Å². The van der Waals surface area contributed by atoms with Gasteiger partial charge in [-0.05, 0) is 29.8 Å². The van der Waals surface area contributed by atoms with E-state index in [2.05, 4.69) is 0 Å². The summed E-state index contributed by atoms with van der Waals surface area (Å²) in [7, 11) is 1.51. The number of imide groups is 1. The molecule has 7 heteroatoms. The summed E-state index contributed by atoms with van der Waals surface area (Å²) in [6.45, 7) is 0. The number of halogens is 1. The third-order valence-corrected chi connectivity index (χ3v) is 3.84. The Morgan fingerprint density at radius 1 is 1.21 bits per heavy atom. The Morgan fingerprint density at radius 3 is 2.50 bits per heavy atom. The number of hydrogen-bond donors (Lipinski definition) is 2. The number of carboxylic acid groups (broad SMARTS) is 1. The van der Waals surface area contributed by atoms with Crippen LogP contribution in [0.4, 0.5) is 5.69 Å². The van der Waals surface area contributed by atoms with Crippen LogP contribution in [0.2, 0.25) is 5.02 Å².